The number of nitrogens with zero attached hydrogens (tertiary/aromatic N) is 1. The maximum absolute atomic E-state index is 13.1. The molecule has 1 aliphatic rings. The fourth-order valence-corrected chi connectivity index (χ4v) is 4.40. The summed E-state index contributed by atoms with van der Waals surface area (Å²) in [5, 5.41) is 9.00. The van der Waals surface area contributed by atoms with Gasteiger partial charge in [-0.15, -0.1) is 0 Å². The number of hydrogen-bond donors (Lipinski definition) is 4. The average Bonchev–Trinajstić information content (AvgIpc) is 2.84. The molecule has 3 aromatic carbocycles. The van der Waals surface area contributed by atoms with E-state index in [1.165, 1.54) is 0 Å². The summed E-state index contributed by atoms with van der Waals surface area (Å²) in [6, 6.07) is 20.8. The summed E-state index contributed by atoms with van der Waals surface area (Å²) in [7, 11) is 0. The van der Waals surface area contributed by atoms with Gasteiger partial charge in [0, 0.05) is 27.8 Å². The lowest BCUT2D eigenvalue weighted by Gasteiger charge is -2.23. The molecule has 0 aliphatic carbocycles. The monoisotopic (exact) mass is 535 g/mol. The van der Waals surface area contributed by atoms with Gasteiger partial charge in [0.1, 0.15) is 17.3 Å². The third kappa shape index (κ3) is 5.74. The van der Waals surface area contributed by atoms with Crippen LogP contribution in [0.3, 0.4) is 0 Å². The largest absolute Gasteiger partial charge is 0.457 e. The van der Waals surface area contributed by atoms with E-state index >= 15 is 0 Å². The van der Waals surface area contributed by atoms with Crippen molar-refractivity contribution >= 4 is 58.2 Å². The Kier molecular flexibility index (Phi) is 6.80. The van der Waals surface area contributed by atoms with Gasteiger partial charge >= 0.3 is 0 Å². The Morgan fingerprint density at radius 1 is 0.919 bits per heavy atom. The third-order valence-corrected chi connectivity index (χ3v) is 5.93. The molecule has 0 radical (unpaired) electrons. The molecule has 1 aromatic heterocycles. The number of carbonyl (C=O) groups is 2. The van der Waals surface area contributed by atoms with Crippen molar-refractivity contribution in [2.24, 2.45) is 0 Å². The summed E-state index contributed by atoms with van der Waals surface area (Å²) in [5.41, 5.74) is 0.471. The summed E-state index contributed by atoms with van der Waals surface area (Å²) in [4.78, 5) is 45.3. The number of rotatable bonds is 6. The maximum Gasteiger partial charge on any atom is 0.258 e. The van der Waals surface area contributed by atoms with Crippen molar-refractivity contribution in [3.63, 3.8) is 0 Å². The number of aromatic amines is 1. The lowest BCUT2D eigenvalue weighted by atomic mass is 9.92. The first-order valence-corrected chi connectivity index (χ1v) is 11.9. The van der Waals surface area contributed by atoms with E-state index in [0.717, 1.165) is 0 Å². The number of benzene rings is 3. The van der Waals surface area contributed by atoms with Crippen molar-refractivity contribution in [1.82, 2.24) is 9.97 Å². The number of carbonyl (C=O) groups excluding carboxylic acids is 2. The standard InChI is InChI=1S/C26H19Cl2N5O4/c27-14-10-15(28)12-17(11-14)30-26-32-23-22(25(36)33-26)20(13-21(34)31-23)24(35)29-16-6-8-19(9-7-16)37-18-4-2-1-3-5-18/h1-12,20H,13H2,(H,29,35)(H3,30,31,32,33,34,36)/t20-/m0/s1. The minimum Gasteiger partial charge on any atom is -0.457 e. The zero-order valence-electron chi connectivity index (χ0n) is 19.0. The summed E-state index contributed by atoms with van der Waals surface area (Å²) < 4.78 is 5.76. The lowest BCUT2D eigenvalue weighted by molar-refractivity contribution is -0.123. The molecule has 37 heavy (non-hydrogen) atoms. The molecule has 11 heteroatoms. The molecule has 0 spiro atoms. The van der Waals surface area contributed by atoms with Gasteiger partial charge in [0.05, 0.1) is 11.5 Å². The lowest BCUT2D eigenvalue weighted by Crippen LogP contribution is -2.36. The van der Waals surface area contributed by atoms with E-state index in [1.807, 2.05) is 30.3 Å². The first-order chi connectivity index (χ1) is 17.8. The molecule has 4 N–H and O–H groups in total. The quantitative estimate of drug-likeness (QED) is 0.252. The van der Waals surface area contributed by atoms with E-state index in [0.29, 0.717) is 32.9 Å². The van der Waals surface area contributed by atoms with Gasteiger partial charge in [-0.1, -0.05) is 41.4 Å². The Labute approximate surface area is 220 Å². The van der Waals surface area contributed by atoms with E-state index in [-0.39, 0.29) is 23.8 Å². The Balaban J connectivity index is 1.34. The molecular formula is C26H19Cl2N5O4. The van der Waals surface area contributed by atoms with E-state index in [9.17, 15) is 14.4 Å². The summed E-state index contributed by atoms with van der Waals surface area (Å²) in [5.74, 6) is -0.650. The number of hydrogen-bond acceptors (Lipinski definition) is 6. The number of aromatic nitrogens is 2. The molecule has 0 unspecified atom stereocenters. The highest BCUT2D eigenvalue weighted by molar-refractivity contribution is 6.35. The van der Waals surface area contributed by atoms with Gasteiger partial charge in [0.2, 0.25) is 17.8 Å². The van der Waals surface area contributed by atoms with Crippen LogP contribution in [0.1, 0.15) is 17.9 Å². The molecule has 2 amide bonds. The number of para-hydroxylation sites is 1. The van der Waals surface area contributed by atoms with Crippen LogP contribution < -0.4 is 26.2 Å². The minimum atomic E-state index is -1.03. The van der Waals surface area contributed by atoms with Gasteiger partial charge in [-0.25, -0.2) is 0 Å². The summed E-state index contributed by atoms with van der Waals surface area (Å²) in [6.45, 7) is 0. The van der Waals surface area contributed by atoms with Crippen LogP contribution in [-0.2, 0) is 9.59 Å². The number of halogens is 2. The zero-order chi connectivity index (χ0) is 25.9. The second-order valence-corrected chi connectivity index (χ2v) is 9.07. The van der Waals surface area contributed by atoms with Gasteiger partial charge in [0.25, 0.3) is 5.56 Å². The minimum absolute atomic E-state index is 0.00221. The maximum atomic E-state index is 13.1. The SMILES string of the molecule is O=C1C[C@H](C(=O)Nc2ccc(Oc3ccccc3)cc2)c2c(nc(Nc3cc(Cl)cc(Cl)c3)[nH]c2=O)N1. The Morgan fingerprint density at radius 3 is 2.30 bits per heavy atom. The molecule has 9 nitrogen and oxygen atoms in total. The van der Waals surface area contributed by atoms with Gasteiger partial charge in [-0.05, 0) is 54.6 Å². The molecule has 5 rings (SSSR count). The van der Waals surface area contributed by atoms with E-state index < -0.39 is 23.3 Å². The first-order valence-electron chi connectivity index (χ1n) is 11.1. The van der Waals surface area contributed by atoms with Gasteiger partial charge < -0.3 is 20.7 Å². The predicted molar refractivity (Wildman–Crippen MR) is 142 cm³/mol. The Hall–Kier alpha value is -4.34. The number of anilines is 4. The predicted octanol–water partition coefficient (Wildman–Crippen LogP) is 5.68. The summed E-state index contributed by atoms with van der Waals surface area (Å²) in [6.07, 6.45) is -0.199. The molecule has 0 bridgehead atoms. The smallest absolute Gasteiger partial charge is 0.258 e. The molecule has 0 saturated heterocycles. The topological polar surface area (TPSA) is 125 Å². The van der Waals surface area contributed by atoms with Crippen LogP contribution in [0.4, 0.5) is 23.1 Å². The third-order valence-electron chi connectivity index (χ3n) is 5.49. The molecular weight excluding hydrogens is 517 g/mol. The molecule has 1 atom stereocenters. The number of nitrogens with one attached hydrogen (secondary N) is 4. The van der Waals surface area contributed by atoms with Crippen LogP contribution in [-0.4, -0.2) is 21.8 Å². The second-order valence-electron chi connectivity index (χ2n) is 8.19. The number of ether oxygens (including phenoxy) is 1. The van der Waals surface area contributed by atoms with Gasteiger partial charge in [0.15, 0.2) is 0 Å². The van der Waals surface area contributed by atoms with Crippen molar-refractivity contribution in [3.05, 3.63) is 98.8 Å². The first kappa shape index (κ1) is 24.4. The highest BCUT2D eigenvalue weighted by Crippen LogP contribution is 2.31. The van der Waals surface area contributed by atoms with Gasteiger partial charge in [-0.2, -0.15) is 4.98 Å². The van der Waals surface area contributed by atoms with E-state index in [1.54, 1.807) is 42.5 Å². The van der Waals surface area contributed by atoms with Gasteiger partial charge in [-0.3, -0.25) is 19.4 Å². The van der Waals surface area contributed by atoms with Crippen LogP contribution in [0, 0.1) is 0 Å². The fraction of sp³-hybridized carbons (Fsp3) is 0.0769. The molecule has 1 aliphatic heterocycles. The Morgan fingerprint density at radius 2 is 1.59 bits per heavy atom. The van der Waals surface area contributed by atoms with Crippen LogP contribution in [0.25, 0.3) is 0 Å². The van der Waals surface area contributed by atoms with Crippen LogP contribution >= 0.6 is 23.2 Å². The summed E-state index contributed by atoms with van der Waals surface area (Å²) >= 11 is 12.0. The van der Waals surface area contributed by atoms with Crippen LogP contribution in [0.5, 0.6) is 11.5 Å². The van der Waals surface area contributed by atoms with Crippen LogP contribution in [0.2, 0.25) is 10.0 Å². The normalized spacial score (nSPS) is 14.3. The Bertz CT molecular complexity index is 1520. The molecule has 0 saturated carbocycles. The molecule has 186 valence electrons. The molecule has 0 fully saturated rings. The molecule has 4 aromatic rings. The second kappa shape index (κ2) is 10.3. The fourth-order valence-electron chi connectivity index (χ4n) is 3.88. The average molecular weight is 536 g/mol. The van der Waals surface area contributed by atoms with Crippen LogP contribution in [0.15, 0.2) is 77.6 Å². The van der Waals surface area contributed by atoms with Crippen molar-refractivity contribution in [2.75, 3.05) is 16.0 Å². The highest BCUT2D eigenvalue weighted by atomic mass is 35.5. The molecule has 2 heterocycles. The van der Waals surface area contributed by atoms with Crippen molar-refractivity contribution < 1.29 is 14.3 Å². The van der Waals surface area contributed by atoms with E-state index in [4.69, 9.17) is 27.9 Å². The highest BCUT2D eigenvalue weighted by Gasteiger charge is 2.34. The van der Waals surface area contributed by atoms with Crippen molar-refractivity contribution in [2.45, 2.75) is 12.3 Å². The number of amides is 2. The van der Waals surface area contributed by atoms with Crippen molar-refractivity contribution in [1.29, 1.82) is 0 Å². The van der Waals surface area contributed by atoms with Crippen molar-refractivity contribution in [3.8, 4) is 11.5 Å². The zero-order valence-corrected chi connectivity index (χ0v) is 20.6. The van der Waals surface area contributed by atoms with E-state index in [2.05, 4.69) is 25.9 Å². The number of fused-ring (bicyclic) bond motifs is 1. The number of H-pyrrole nitrogens is 1.